The third-order valence-electron chi connectivity index (χ3n) is 2.40. The van der Waals surface area contributed by atoms with Crippen LogP contribution in [0.2, 0.25) is 0 Å². The van der Waals surface area contributed by atoms with Crippen LogP contribution in [0.25, 0.3) is 0 Å². The average molecular weight is 229 g/mol. The summed E-state index contributed by atoms with van der Waals surface area (Å²) >= 11 is 5.19. The maximum absolute atomic E-state index is 5.39. The van der Waals surface area contributed by atoms with Gasteiger partial charge in [-0.1, -0.05) is 6.92 Å². The van der Waals surface area contributed by atoms with Gasteiger partial charge in [-0.2, -0.15) is 5.10 Å². The van der Waals surface area contributed by atoms with E-state index in [0.717, 1.165) is 25.2 Å². The van der Waals surface area contributed by atoms with Crippen LogP contribution >= 0.6 is 12.2 Å². The van der Waals surface area contributed by atoms with Gasteiger partial charge in [0, 0.05) is 13.5 Å². The van der Waals surface area contributed by atoms with E-state index < -0.39 is 0 Å². The normalized spacial score (nSPS) is 12.0. The minimum Gasteiger partial charge on any atom is -0.377 e. The topological polar surface area (TPSA) is 42.8 Å². The standard InChI is InChI=1S/C10H19N3OS/c1-5-6-8-11-12-9(15)13(8)7-10(2,3)14-4/h5-7H2,1-4H3,(H,12,15). The number of H-pyrrole nitrogens is 1. The van der Waals surface area contributed by atoms with Gasteiger partial charge in [0.1, 0.15) is 5.82 Å². The van der Waals surface area contributed by atoms with Crippen molar-refractivity contribution in [2.24, 2.45) is 0 Å². The molecule has 1 aromatic rings. The summed E-state index contributed by atoms with van der Waals surface area (Å²) < 4.78 is 8.08. The maximum Gasteiger partial charge on any atom is 0.195 e. The molecule has 0 aliphatic heterocycles. The molecule has 5 heteroatoms. The van der Waals surface area contributed by atoms with Crippen LogP contribution in [-0.2, 0) is 17.7 Å². The van der Waals surface area contributed by atoms with E-state index in [1.54, 1.807) is 7.11 Å². The molecule has 0 aliphatic carbocycles. The van der Waals surface area contributed by atoms with Gasteiger partial charge in [0.25, 0.3) is 0 Å². The average Bonchev–Trinajstić information content (AvgIpc) is 2.50. The zero-order chi connectivity index (χ0) is 11.5. The van der Waals surface area contributed by atoms with Gasteiger partial charge in [0.15, 0.2) is 4.77 Å². The van der Waals surface area contributed by atoms with Gasteiger partial charge in [-0.15, -0.1) is 0 Å². The molecule has 0 saturated heterocycles. The molecule has 0 aliphatic rings. The number of methoxy groups -OCH3 is 1. The second-order valence-electron chi connectivity index (χ2n) is 4.24. The minimum absolute atomic E-state index is 0.218. The first kappa shape index (κ1) is 12.4. The Balaban J connectivity index is 2.92. The predicted octanol–water partition coefficient (Wildman–Crippen LogP) is 2.32. The van der Waals surface area contributed by atoms with E-state index in [2.05, 4.69) is 17.1 Å². The molecule has 0 atom stereocenters. The summed E-state index contributed by atoms with van der Waals surface area (Å²) in [6.45, 7) is 6.94. The monoisotopic (exact) mass is 229 g/mol. The van der Waals surface area contributed by atoms with Crippen molar-refractivity contribution in [3.8, 4) is 0 Å². The molecule has 0 fully saturated rings. The highest BCUT2D eigenvalue weighted by atomic mass is 32.1. The van der Waals surface area contributed by atoms with Crippen molar-refractivity contribution in [1.29, 1.82) is 0 Å². The number of aryl methyl sites for hydroxylation is 1. The Labute approximate surface area is 95.7 Å². The van der Waals surface area contributed by atoms with Gasteiger partial charge in [-0.3, -0.25) is 5.10 Å². The van der Waals surface area contributed by atoms with Crippen molar-refractivity contribution < 1.29 is 4.74 Å². The summed E-state index contributed by atoms with van der Waals surface area (Å²) in [5.41, 5.74) is -0.218. The lowest BCUT2D eigenvalue weighted by Crippen LogP contribution is -2.30. The number of hydrogen-bond acceptors (Lipinski definition) is 3. The fourth-order valence-electron chi connectivity index (χ4n) is 1.37. The summed E-state index contributed by atoms with van der Waals surface area (Å²) in [6, 6.07) is 0. The van der Waals surface area contributed by atoms with Crippen LogP contribution < -0.4 is 0 Å². The van der Waals surface area contributed by atoms with Crippen molar-refractivity contribution in [3.63, 3.8) is 0 Å². The SMILES string of the molecule is CCCc1n[nH]c(=S)n1CC(C)(C)OC. The predicted molar refractivity (Wildman–Crippen MR) is 62.5 cm³/mol. The van der Waals surface area contributed by atoms with Crippen molar-refractivity contribution in [2.75, 3.05) is 7.11 Å². The lowest BCUT2D eigenvalue weighted by molar-refractivity contribution is 0.00717. The molecule has 1 rings (SSSR count). The molecule has 0 amide bonds. The van der Waals surface area contributed by atoms with Crippen LogP contribution in [0.4, 0.5) is 0 Å². The van der Waals surface area contributed by atoms with Gasteiger partial charge in [0.2, 0.25) is 0 Å². The van der Waals surface area contributed by atoms with Crippen LogP contribution in [0.1, 0.15) is 33.0 Å². The molecule has 0 bridgehead atoms. The largest absolute Gasteiger partial charge is 0.377 e. The van der Waals surface area contributed by atoms with Crippen molar-refractivity contribution >= 4 is 12.2 Å². The third-order valence-corrected chi connectivity index (χ3v) is 2.71. The fourth-order valence-corrected chi connectivity index (χ4v) is 1.59. The molecule has 0 spiro atoms. The molecule has 4 nitrogen and oxygen atoms in total. The first-order chi connectivity index (χ1) is 7.00. The van der Waals surface area contributed by atoms with Gasteiger partial charge >= 0.3 is 0 Å². The first-order valence-corrected chi connectivity index (χ1v) is 5.60. The van der Waals surface area contributed by atoms with E-state index in [0.29, 0.717) is 4.77 Å². The fraction of sp³-hybridized carbons (Fsp3) is 0.800. The molecule has 86 valence electrons. The second-order valence-corrected chi connectivity index (χ2v) is 4.63. The molecule has 0 radical (unpaired) electrons. The highest BCUT2D eigenvalue weighted by Gasteiger charge is 2.19. The quantitative estimate of drug-likeness (QED) is 0.788. The van der Waals surface area contributed by atoms with Crippen LogP contribution in [-0.4, -0.2) is 27.5 Å². The van der Waals surface area contributed by atoms with Crippen LogP contribution in [0, 0.1) is 4.77 Å². The zero-order valence-corrected chi connectivity index (χ0v) is 10.6. The van der Waals surface area contributed by atoms with Crippen LogP contribution in [0.5, 0.6) is 0 Å². The van der Waals surface area contributed by atoms with Crippen LogP contribution in [0.15, 0.2) is 0 Å². The lowest BCUT2D eigenvalue weighted by Gasteiger charge is -2.23. The Morgan fingerprint density at radius 1 is 1.53 bits per heavy atom. The summed E-state index contributed by atoms with van der Waals surface area (Å²) in [5.74, 6) is 1.01. The number of ether oxygens (including phenoxy) is 1. The summed E-state index contributed by atoms with van der Waals surface area (Å²) in [4.78, 5) is 0. The van der Waals surface area contributed by atoms with E-state index in [-0.39, 0.29) is 5.60 Å². The van der Waals surface area contributed by atoms with E-state index in [1.165, 1.54) is 0 Å². The maximum atomic E-state index is 5.39. The summed E-state index contributed by atoms with van der Waals surface area (Å²) in [5, 5.41) is 7.04. The van der Waals surface area contributed by atoms with Gasteiger partial charge in [0.05, 0.1) is 12.1 Å². The van der Waals surface area contributed by atoms with Crippen LogP contribution in [0.3, 0.4) is 0 Å². The van der Waals surface area contributed by atoms with E-state index in [4.69, 9.17) is 17.0 Å². The molecule has 1 N–H and O–H groups in total. The van der Waals surface area contributed by atoms with Crippen molar-refractivity contribution in [1.82, 2.24) is 14.8 Å². The van der Waals surface area contributed by atoms with Crippen molar-refractivity contribution in [2.45, 2.75) is 45.8 Å². The molecule has 1 aromatic heterocycles. The molecular formula is C10H19N3OS. The van der Waals surface area contributed by atoms with Gasteiger partial charge < -0.3 is 9.30 Å². The Kier molecular flexibility index (Phi) is 4.04. The number of aromatic nitrogens is 3. The van der Waals surface area contributed by atoms with Gasteiger partial charge in [-0.25, -0.2) is 0 Å². The molecule has 0 saturated carbocycles. The number of rotatable bonds is 5. The minimum atomic E-state index is -0.218. The molecule has 15 heavy (non-hydrogen) atoms. The molecule has 0 aromatic carbocycles. The Hall–Kier alpha value is -0.680. The number of aromatic amines is 1. The van der Waals surface area contributed by atoms with E-state index >= 15 is 0 Å². The van der Waals surface area contributed by atoms with Crippen molar-refractivity contribution in [3.05, 3.63) is 10.6 Å². The second kappa shape index (κ2) is 4.90. The van der Waals surface area contributed by atoms with Gasteiger partial charge in [-0.05, 0) is 32.5 Å². The number of nitrogens with zero attached hydrogens (tertiary/aromatic N) is 2. The third kappa shape index (κ3) is 3.14. The summed E-state index contributed by atoms with van der Waals surface area (Å²) in [7, 11) is 1.71. The molecule has 0 unspecified atom stereocenters. The number of hydrogen-bond donors (Lipinski definition) is 1. The molecule has 1 heterocycles. The highest BCUT2D eigenvalue weighted by Crippen LogP contribution is 2.13. The highest BCUT2D eigenvalue weighted by molar-refractivity contribution is 7.71. The molecular weight excluding hydrogens is 210 g/mol. The number of nitrogens with one attached hydrogen (secondary N) is 1. The smallest absolute Gasteiger partial charge is 0.195 e. The Bertz CT molecular complexity index is 367. The lowest BCUT2D eigenvalue weighted by atomic mass is 10.1. The van der Waals surface area contributed by atoms with E-state index in [9.17, 15) is 0 Å². The Morgan fingerprint density at radius 3 is 2.73 bits per heavy atom. The zero-order valence-electron chi connectivity index (χ0n) is 9.83. The Morgan fingerprint density at radius 2 is 2.20 bits per heavy atom. The first-order valence-electron chi connectivity index (χ1n) is 5.19. The summed E-state index contributed by atoms with van der Waals surface area (Å²) in [6.07, 6.45) is 2.00. The van der Waals surface area contributed by atoms with E-state index in [1.807, 2.05) is 18.4 Å².